The molecule has 2 rings (SSSR count). The van der Waals surface area contributed by atoms with Crippen molar-refractivity contribution in [2.45, 2.75) is 6.54 Å². The molecule has 0 unspecified atom stereocenters. The van der Waals surface area contributed by atoms with Gasteiger partial charge in [-0.3, -0.25) is 0 Å². The van der Waals surface area contributed by atoms with Crippen molar-refractivity contribution in [3.8, 4) is 0 Å². The zero-order valence-corrected chi connectivity index (χ0v) is 9.89. The first-order chi connectivity index (χ1) is 7.68. The summed E-state index contributed by atoms with van der Waals surface area (Å²) in [5.74, 6) is -0.965. The maximum absolute atomic E-state index is 10.9. The molecule has 0 aliphatic heterocycles. The highest BCUT2D eigenvalue weighted by atomic mass is 79.9. The average molecular weight is 281 g/mol. The van der Waals surface area contributed by atoms with E-state index in [1.165, 1.54) is 6.20 Å². The van der Waals surface area contributed by atoms with E-state index in [0.717, 1.165) is 10.0 Å². The summed E-state index contributed by atoms with van der Waals surface area (Å²) >= 11 is 3.42. The Morgan fingerprint density at radius 2 is 2.19 bits per heavy atom. The number of aromatic nitrogens is 2. The lowest BCUT2D eigenvalue weighted by molar-refractivity contribution is 0.0679. The molecule has 4 nitrogen and oxygen atoms in total. The topological polar surface area (TPSA) is 55.1 Å². The monoisotopic (exact) mass is 280 g/mol. The molecule has 5 heteroatoms. The molecule has 16 heavy (non-hydrogen) atoms. The maximum Gasteiger partial charge on any atom is 0.372 e. The van der Waals surface area contributed by atoms with Crippen molar-refractivity contribution in [2.24, 2.45) is 0 Å². The van der Waals surface area contributed by atoms with Crippen molar-refractivity contribution in [3.05, 3.63) is 52.5 Å². The SMILES string of the molecule is O=C(O)c1nccn1Cc1ccccc1Br. The zero-order chi connectivity index (χ0) is 11.5. The van der Waals surface area contributed by atoms with Crippen molar-refractivity contribution >= 4 is 21.9 Å². The van der Waals surface area contributed by atoms with E-state index in [4.69, 9.17) is 5.11 Å². The van der Waals surface area contributed by atoms with Crippen LogP contribution in [0.2, 0.25) is 0 Å². The Hall–Kier alpha value is -1.62. The smallest absolute Gasteiger partial charge is 0.372 e. The quantitative estimate of drug-likeness (QED) is 0.939. The maximum atomic E-state index is 10.9. The third-order valence-electron chi connectivity index (χ3n) is 2.21. The van der Waals surface area contributed by atoms with E-state index in [1.54, 1.807) is 10.8 Å². The molecule has 0 amide bonds. The first-order valence-corrected chi connectivity index (χ1v) is 5.45. The molecule has 0 spiro atoms. The number of halogens is 1. The Bertz CT molecular complexity index is 522. The average Bonchev–Trinajstić information content (AvgIpc) is 2.69. The van der Waals surface area contributed by atoms with Crippen LogP contribution in [-0.4, -0.2) is 20.6 Å². The Morgan fingerprint density at radius 3 is 2.88 bits per heavy atom. The molecule has 1 aromatic heterocycles. The first kappa shape index (κ1) is 10.9. The highest BCUT2D eigenvalue weighted by Crippen LogP contribution is 2.17. The molecule has 0 aliphatic carbocycles. The van der Waals surface area contributed by atoms with E-state index in [-0.39, 0.29) is 5.82 Å². The molecule has 0 fully saturated rings. The predicted octanol–water partition coefficient (Wildman–Crippen LogP) is 2.39. The molecule has 0 atom stereocenters. The van der Waals surface area contributed by atoms with Gasteiger partial charge in [0.2, 0.25) is 5.82 Å². The lowest BCUT2D eigenvalue weighted by atomic mass is 10.2. The fourth-order valence-electron chi connectivity index (χ4n) is 1.44. The van der Waals surface area contributed by atoms with Gasteiger partial charge in [-0.15, -0.1) is 0 Å². The van der Waals surface area contributed by atoms with E-state index in [0.29, 0.717) is 6.54 Å². The fourth-order valence-corrected chi connectivity index (χ4v) is 1.86. The second-order valence-electron chi connectivity index (χ2n) is 3.28. The van der Waals surface area contributed by atoms with Gasteiger partial charge < -0.3 is 9.67 Å². The number of carbonyl (C=O) groups is 1. The Balaban J connectivity index is 2.31. The van der Waals surface area contributed by atoms with Gasteiger partial charge >= 0.3 is 5.97 Å². The van der Waals surface area contributed by atoms with Gasteiger partial charge in [0.15, 0.2) is 0 Å². The van der Waals surface area contributed by atoms with Crippen LogP contribution in [0.4, 0.5) is 0 Å². The Kier molecular flexibility index (Phi) is 3.05. The molecule has 1 N–H and O–H groups in total. The van der Waals surface area contributed by atoms with E-state index in [1.807, 2.05) is 24.3 Å². The van der Waals surface area contributed by atoms with Crippen molar-refractivity contribution in [1.29, 1.82) is 0 Å². The highest BCUT2D eigenvalue weighted by Gasteiger charge is 2.11. The lowest BCUT2D eigenvalue weighted by Gasteiger charge is -2.06. The standard InChI is InChI=1S/C11H9BrN2O2/c12-9-4-2-1-3-8(9)7-14-6-5-13-10(14)11(15)16/h1-6H,7H2,(H,15,16). The van der Waals surface area contributed by atoms with E-state index in [9.17, 15) is 4.79 Å². The number of carboxylic acids is 1. The van der Waals surface area contributed by atoms with Gasteiger partial charge in [0.05, 0.1) is 6.54 Å². The summed E-state index contributed by atoms with van der Waals surface area (Å²) in [5, 5.41) is 8.91. The Morgan fingerprint density at radius 1 is 1.44 bits per heavy atom. The van der Waals surface area contributed by atoms with E-state index >= 15 is 0 Å². The number of hydrogen-bond donors (Lipinski definition) is 1. The summed E-state index contributed by atoms with van der Waals surface area (Å²) in [6.07, 6.45) is 3.14. The van der Waals surface area contributed by atoms with Crippen LogP contribution >= 0.6 is 15.9 Å². The van der Waals surface area contributed by atoms with Gasteiger partial charge in [-0.25, -0.2) is 9.78 Å². The lowest BCUT2D eigenvalue weighted by Crippen LogP contribution is -2.10. The van der Waals surface area contributed by atoms with Crippen molar-refractivity contribution in [2.75, 3.05) is 0 Å². The predicted molar refractivity (Wildman–Crippen MR) is 62.4 cm³/mol. The van der Waals surface area contributed by atoms with E-state index in [2.05, 4.69) is 20.9 Å². The molecular formula is C11H9BrN2O2. The van der Waals surface area contributed by atoms with Gasteiger partial charge in [0.25, 0.3) is 0 Å². The largest absolute Gasteiger partial charge is 0.475 e. The van der Waals surface area contributed by atoms with E-state index < -0.39 is 5.97 Å². The summed E-state index contributed by atoms with van der Waals surface area (Å²) in [4.78, 5) is 14.7. The molecule has 0 aliphatic rings. The molecule has 0 bridgehead atoms. The number of nitrogens with zero attached hydrogens (tertiary/aromatic N) is 2. The minimum absolute atomic E-state index is 0.0516. The summed E-state index contributed by atoms with van der Waals surface area (Å²) in [5.41, 5.74) is 1.02. The number of aromatic carboxylic acids is 1. The van der Waals surface area contributed by atoms with Crippen molar-refractivity contribution < 1.29 is 9.90 Å². The molecule has 1 heterocycles. The van der Waals surface area contributed by atoms with Crippen LogP contribution in [0.25, 0.3) is 0 Å². The minimum Gasteiger partial charge on any atom is -0.475 e. The van der Waals surface area contributed by atoms with Gasteiger partial charge in [0.1, 0.15) is 0 Å². The minimum atomic E-state index is -1.02. The molecule has 0 saturated heterocycles. The van der Waals surface area contributed by atoms with Crippen LogP contribution in [0.15, 0.2) is 41.1 Å². The number of carboxylic acid groups (broad SMARTS) is 1. The van der Waals surface area contributed by atoms with Crippen LogP contribution in [-0.2, 0) is 6.54 Å². The zero-order valence-electron chi connectivity index (χ0n) is 8.30. The second-order valence-corrected chi connectivity index (χ2v) is 4.13. The van der Waals surface area contributed by atoms with Gasteiger partial charge in [-0.05, 0) is 11.6 Å². The summed E-state index contributed by atoms with van der Waals surface area (Å²) in [6, 6.07) is 7.69. The number of benzene rings is 1. The second kappa shape index (κ2) is 4.49. The van der Waals surface area contributed by atoms with Crippen molar-refractivity contribution in [1.82, 2.24) is 9.55 Å². The number of hydrogen-bond acceptors (Lipinski definition) is 2. The molecule has 1 aromatic carbocycles. The molecule has 2 aromatic rings. The summed E-state index contributed by atoms with van der Waals surface area (Å²) in [7, 11) is 0. The van der Waals surface area contributed by atoms with Crippen LogP contribution in [0.1, 0.15) is 16.2 Å². The highest BCUT2D eigenvalue weighted by molar-refractivity contribution is 9.10. The van der Waals surface area contributed by atoms with Gasteiger partial charge in [-0.2, -0.15) is 0 Å². The number of rotatable bonds is 3. The molecular weight excluding hydrogens is 272 g/mol. The van der Waals surface area contributed by atoms with Gasteiger partial charge in [0, 0.05) is 16.9 Å². The number of imidazole rings is 1. The molecule has 0 saturated carbocycles. The summed E-state index contributed by atoms with van der Waals surface area (Å²) < 4.78 is 2.56. The van der Waals surface area contributed by atoms with Crippen LogP contribution in [0.5, 0.6) is 0 Å². The first-order valence-electron chi connectivity index (χ1n) is 4.66. The van der Waals surface area contributed by atoms with Gasteiger partial charge in [-0.1, -0.05) is 34.1 Å². The third-order valence-corrected chi connectivity index (χ3v) is 2.98. The third kappa shape index (κ3) is 2.14. The normalized spacial score (nSPS) is 10.3. The molecule has 0 radical (unpaired) electrons. The van der Waals surface area contributed by atoms with Crippen molar-refractivity contribution in [3.63, 3.8) is 0 Å². The molecule has 82 valence electrons. The summed E-state index contributed by atoms with van der Waals surface area (Å²) in [6.45, 7) is 0.489. The fraction of sp³-hybridized carbons (Fsp3) is 0.0909. The van der Waals surface area contributed by atoms with Crippen LogP contribution < -0.4 is 0 Å². The van der Waals surface area contributed by atoms with Crippen LogP contribution in [0, 0.1) is 0 Å². The van der Waals surface area contributed by atoms with Crippen LogP contribution in [0.3, 0.4) is 0 Å². The Labute approximate surface area is 101 Å².